The Morgan fingerprint density at radius 3 is 2.62 bits per heavy atom. The lowest BCUT2D eigenvalue weighted by atomic mass is 10.0. The molecule has 0 aromatic heterocycles. The highest BCUT2D eigenvalue weighted by atomic mass is 32.2. The molecule has 162 valence electrons. The largest absolute Gasteiger partial charge is 0.497 e. The Balaban J connectivity index is 1.84. The molecule has 1 aliphatic rings. The Hall–Kier alpha value is -1.77. The normalized spacial score (nSPS) is 15.2. The monoisotopic (exact) mass is 423 g/mol. The lowest BCUT2D eigenvalue weighted by Gasteiger charge is -2.30. The van der Waals surface area contributed by atoms with E-state index in [1.165, 1.54) is 11.8 Å². The van der Waals surface area contributed by atoms with Gasteiger partial charge in [0.1, 0.15) is 5.75 Å². The molecule has 1 fully saturated rings. The van der Waals surface area contributed by atoms with Crippen LogP contribution in [0.25, 0.3) is 0 Å². The van der Waals surface area contributed by atoms with E-state index < -0.39 is 0 Å². The molecule has 1 aromatic carbocycles. The van der Waals surface area contributed by atoms with E-state index in [0.717, 1.165) is 24.4 Å². The quantitative estimate of drug-likeness (QED) is 0.585. The minimum absolute atomic E-state index is 0.0511. The molecule has 2 rings (SSSR count). The summed E-state index contributed by atoms with van der Waals surface area (Å²) in [6.45, 7) is 8.98. The molecule has 1 unspecified atom stereocenters. The summed E-state index contributed by atoms with van der Waals surface area (Å²) in [5.74, 6) is 1.43. The van der Waals surface area contributed by atoms with Crippen molar-refractivity contribution in [2.45, 2.75) is 19.9 Å². The number of rotatable bonds is 11. The maximum absolute atomic E-state index is 12.3. The molecule has 0 bridgehead atoms. The van der Waals surface area contributed by atoms with Gasteiger partial charge in [0.25, 0.3) is 0 Å². The van der Waals surface area contributed by atoms with Crippen LogP contribution in [-0.2, 0) is 14.3 Å². The predicted molar refractivity (Wildman–Crippen MR) is 116 cm³/mol. The number of ether oxygens (including phenoxy) is 2. The summed E-state index contributed by atoms with van der Waals surface area (Å²) < 4.78 is 10.6. The van der Waals surface area contributed by atoms with Gasteiger partial charge in [-0.3, -0.25) is 14.5 Å². The lowest BCUT2D eigenvalue weighted by molar-refractivity contribution is -0.132. The van der Waals surface area contributed by atoms with Crippen LogP contribution in [0.4, 0.5) is 0 Å². The average molecular weight is 424 g/mol. The second kappa shape index (κ2) is 12.7. The molecule has 0 spiro atoms. The van der Waals surface area contributed by atoms with Gasteiger partial charge in [-0.15, -0.1) is 11.8 Å². The van der Waals surface area contributed by atoms with Gasteiger partial charge in [-0.05, 0) is 30.8 Å². The van der Waals surface area contributed by atoms with Crippen LogP contribution in [0.1, 0.15) is 25.5 Å². The summed E-state index contributed by atoms with van der Waals surface area (Å²) >= 11 is 1.36. The molecule has 0 radical (unpaired) electrons. The molecular formula is C21H33N3O4S. The first kappa shape index (κ1) is 23.5. The number of carbonyl (C=O) groups is 2. The van der Waals surface area contributed by atoms with Crippen molar-refractivity contribution in [2.75, 3.05) is 64.6 Å². The number of nitrogens with zero attached hydrogens (tertiary/aromatic N) is 2. The van der Waals surface area contributed by atoms with E-state index in [1.807, 2.05) is 18.2 Å². The van der Waals surface area contributed by atoms with Crippen molar-refractivity contribution in [3.05, 3.63) is 29.8 Å². The molecule has 1 heterocycles. The third-order valence-electron chi connectivity index (χ3n) is 5.05. The van der Waals surface area contributed by atoms with Crippen molar-refractivity contribution in [1.29, 1.82) is 0 Å². The molecule has 8 heteroatoms. The van der Waals surface area contributed by atoms with E-state index in [-0.39, 0.29) is 23.6 Å². The van der Waals surface area contributed by atoms with Crippen molar-refractivity contribution < 1.29 is 19.1 Å². The summed E-state index contributed by atoms with van der Waals surface area (Å²) in [7, 11) is 1.66. The third kappa shape index (κ3) is 7.53. The van der Waals surface area contributed by atoms with Gasteiger partial charge in [0.2, 0.25) is 11.8 Å². The number of morpholine rings is 1. The fourth-order valence-electron chi connectivity index (χ4n) is 3.37. The minimum Gasteiger partial charge on any atom is -0.497 e. The molecule has 1 atom stereocenters. The zero-order chi connectivity index (χ0) is 21.1. The molecule has 2 amide bonds. The van der Waals surface area contributed by atoms with Gasteiger partial charge >= 0.3 is 0 Å². The van der Waals surface area contributed by atoms with Gasteiger partial charge in [-0.25, -0.2) is 0 Å². The summed E-state index contributed by atoms with van der Waals surface area (Å²) in [4.78, 5) is 28.6. The number of amides is 2. The first-order chi connectivity index (χ1) is 14.1. The Bertz CT molecular complexity index is 649. The summed E-state index contributed by atoms with van der Waals surface area (Å²) in [6, 6.07) is 8.05. The summed E-state index contributed by atoms with van der Waals surface area (Å²) in [5.41, 5.74) is 1.11. The van der Waals surface area contributed by atoms with Crippen LogP contribution in [-0.4, -0.2) is 86.2 Å². The van der Waals surface area contributed by atoms with Gasteiger partial charge in [-0.2, -0.15) is 0 Å². The van der Waals surface area contributed by atoms with E-state index in [9.17, 15) is 9.59 Å². The van der Waals surface area contributed by atoms with E-state index in [0.29, 0.717) is 38.6 Å². The van der Waals surface area contributed by atoms with E-state index >= 15 is 0 Å². The topological polar surface area (TPSA) is 71.1 Å². The van der Waals surface area contributed by atoms with Gasteiger partial charge < -0.3 is 19.7 Å². The Kier molecular flexibility index (Phi) is 10.3. The number of likely N-dealkylation sites (N-methyl/N-ethyl adjacent to an activating group) is 1. The van der Waals surface area contributed by atoms with Gasteiger partial charge in [-0.1, -0.05) is 26.0 Å². The van der Waals surface area contributed by atoms with Crippen molar-refractivity contribution in [1.82, 2.24) is 15.1 Å². The zero-order valence-corrected chi connectivity index (χ0v) is 18.5. The van der Waals surface area contributed by atoms with Crippen molar-refractivity contribution in [3.8, 4) is 5.75 Å². The van der Waals surface area contributed by atoms with Gasteiger partial charge in [0, 0.05) is 19.6 Å². The van der Waals surface area contributed by atoms with E-state index in [4.69, 9.17) is 9.47 Å². The molecule has 7 nitrogen and oxygen atoms in total. The number of thioether (sulfide) groups is 1. The Labute approximate surface area is 178 Å². The number of nitrogens with one attached hydrogen (secondary N) is 1. The fourth-order valence-corrected chi connectivity index (χ4v) is 4.11. The minimum atomic E-state index is -0.0511. The fraction of sp³-hybridized carbons (Fsp3) is 0.619. The highest BCUT2D eigenvalue weighted by molar-refractivity contribution is 8.00. The standard InChI is InChI=1S/C21H33N3O4S/c1-4-23(5-2)19(17-7-6-8-18(13-17)27-3)14-22-20(25)15-29-16-21(26)24-9-11-28-12-10-24/h6-8,13,19H,4-5,9-12,14-16H2,1-3H3,(H,22,25). The van der Waals surface area contributed by atoms with Crippen molar-refractivity contribution in [2.24, 2.45) is 0 Å². The van der Waals surface area contributed by atoms with Crippen molar-refractivity contribution >= 4 is 23.6 Å². The number of carbonyl (C=O) groups excluding carboxylic acids is 2. The van der Waals surface area contributed by atoms with Crippen LogP contribution in [0.2, 0.25) is 0 Å². The zero-order valence-electron chi connectivity index (χ0n) is 17.7. The number of hydrogen-bond acceptors (Lipinski definition) is 6. The van der Waals surface area contributed by atoms with Crippen molar-refractivity contribution in [3.63, 3.8) is 0 Å². The molecule has 29 heavy (non-hydrogen) atoms. The number of benzene rings is 1. The maximum atomic E-state index is 12.3. The highest BCUT2D eigenvalue weighted by Crippen LogP contribution is 2.23. The Morgan fingerprint density at radius 2 is 1.97 bits per heavy atom. The molecule has 1 N–H and O–H groups in total. The van der Waals surface area contributed by atoms with Gasteiger partial charge in [0.05, 0.1) is 37.9 Å². The molecule has 0 saturated carbocycles. The van der Waals surface area contributed by atoms with Crippen LogP contribution < -0.4 is 10.1 Å². The number of methoxy groups -OCH3 is 1. The molecule has 1 aromatic rings. The molecule has 1 aliphatic heterocycles. The second-order valence-corrected chi connectivity index (χ2v) is 7.79. The summed E-state index contributed by atoms with van der Waals surface area (Å²) in [6.07, 6.45) is 0. The molecule has 0 aliphatic carbocycles. The molecule has 1 saturated heterocycles. The molecular weight excluding hydrogens is 390 g/mol. The number of hydrogen-bond donors (Lipinski definition) is 1. The third-order valence-corrected chi connectivity index (χ3v) is 5.96. The lowest BCUT2D eigenvalue weighted by Crippen LogP contribution is -2.42. The predicted octanol–water partition coefficient (Wildman–Crippen LogP) is 1.79. The second-order valence-electron chi connectivity index (χ2n) is 6.80. The van der Waals surface area contributed by atoms with Crippen LogP contribution in [0.5, 0.6) is 5.75 Å². The van der Waals surface area contributed by atoms with Crippen LogP contribution in [0, 0.1) is 0 Å². The smallest absolute Gasteiger partial charge is 0.232 e. The van der Waals surface area contributed by atoms with Gasteiger partial charge in [0.15, 0.2) is 0 Å². The maximum Gasteiger partial charge on any atom is 0.232 e. The SMILES string of the molecule is CCN(CC)C(CNC(=O)CSCC(=O)N1CCOCC1)c1cccc(OC)c1. The first-order valence-corrected chi connectivity index (χ1v) is 11.3. The summed E-state index contributed by atoms with van der Waals surface area (Å²) in [5, 5.41) is 3.03. The Morgan fingerprint density at radius 1 is 1.24 bits per heavy atom. The van der Waals surface area contributed by atoms with E-state index in [2.05, 4.69) is 30.1 Å². The van der Waals surface area contributed by atoms with E-state index in [1.54, 1.807) is 12.0 Å². The average Bonchev–Trinajstić information content (AvgIpc) is 2.77. The van der Waals surface area contributed by atoms with Crippen LogP contribution in [0.15, 0.2) is 24.3 Å². The highest BCUT2D eigenvalue weighted by Gasteiger charge is 2.20. The van der Waals surface area contributed by atoms with Crippen LogP contribution in [0.3, 0.4) is 0 Å². The van der Waals surface area contributed by atoms with Crippen LogP contribution >= 0.6 is 11.8 Å². The first-order valence-electron chi connectivity index (χ1n) is 10.2.